The fourth-order valence-corrected chi connectivity index (χ4v) is 3.44. The van der Waals surface area contributed by atoms with Gasteiger partial charge in [0.05, 0.1) is 18.3 Å². The Bertz CT molecular complexity index is 693. The van der Waals surface area contributed by atoms with Crippen LogP contribution in [0.5, 0.6) is 0 Å². The molecule has 1 N–H and O–H groups in total. The van der Waals surface area contributed by atoms with Crippen LogP contribution in [0, 0.1) is 0 Å². The first-order chi connectivity index (χ1) is 12.6. The SMILES string of the molecule is CN(CC1(O)CCCN(c2cnccn2)C1)C(=O)CCCn1cccn1. The van der Waals surface area contributed by atoms with E-state index in [0.717, 1.165) is 31.7 Å². The van der Waals surface area contributed by atoms with Crippen LogP contribution >= 0.6 is 0 Å². The van der Waals surface area contributed by atoms with Gasteiger partial charge in [-0.3, -0.25) is 14.5 Å². The van der Waals surface area contributed by atoms with Crippen LogP contribution in [0.15, 0.2) is 37.1 Å². The van der Waals surface area contributed by atoms with Crippen molar-refractivity contribution in [3.63, 3.8) is 0 Å². The van der Waals surface area contributed by atoms with Crippen molar-refractivity contribution >= 4 is 11.7 Å². The van der Waals surface area contributed by atoms with Gasteiger partial charge in [-0.05, 0) is 25.3 Å². The average molecular weight is 358 g/mol. The van der Waals surface area contributed by atoms with Crippen LogP contribution in [0.4, 0.5) is 5.82 Å². The molecule has 0 radical (unpaired) electrons. The number of hydrogen-bond donors (Lipinski definition) is 1. The summed E-state index contributed by atoms with van der Waals surface area (Å²) in [4.78, 5) is 24.5. The molecule has 1 saturated heterocycles. The molecule has 140 valence electrons. The Morgan fingerprint density at radius 3 is 3.00 bits per heavy atom. The molecule has 2 aromatic rings. The zero-order valence-electron chi connectivity index (χ0n) is 15.2. The van der Waals surface area contributed by atoms with Crippen LogP contribution in [0.1, 0.15) is 25.7 Å². The minimum Gasteiger partial charge on any atom is -0.386 e. The molecule has 1 unspecified atom stereocenters. The molecule has 8 nitrogen and oxygen atoms in total. The van der Waals surface area contributed by atoms with Crippen LogP contribution < -0.4 is 4.90 Å². The van der Waals surface area contributed by atoms with Crippen LogP contribution in [0.2, 0.25) is 0 Å². The maximum Gasteiger partial charge on any atom is 0.222 e. The minimum absolute atomic E-state index is 0.0437. The lowest BCUT2D eigenvalue weighted by atomic mass is 9.92. The number of anilines is 1. The molecule has 0 aromatic carbocycles. The molecule has 1 amide bonds. The first kappa shape index (κ1) is 18.3. The third-order valence-corrected chi connectivity index (χ3v) is 4.72. The molecular formula is C18H26N6O2. The second-order valence-corrected chi connectivity index (χ2v) is 6.94. The molecule has 2 aromatic heterocycles. The highest BCUT2D eigenvalue weighted by Gasteiger charge is 2.35. The number of hydrogen-bond acceptors (Lipinski definition) is 6. The van der Waals surface area contributed by atoms with Crippen molar-refractivity contribution in [1.82, 2.24) is 24.6 Å². The molecule has 1 aliphatic rings. The molecule has 1 fully saturated rings. The Kier molecular flexibility index (Phi) is 5.82. The number of aliphatic hydroxyl groups is 1. The largest absolute Gasteiger partial charge is 0.386 e. The highest BCUT2D eigenvalue weighted by molar-refractivity contribution is 5.75. The molecule has 0 saturated carbocycles. The van der Waals surface area contributed by atoms with Gasteiger partial charge in [-0.25, -0.2) is 4.98 Å². The highest BCUT2D eigenvalue weighted by atomic mass is 16.3. The lowest BCUT2D eigenvalue weighted by Gasteiger charge is -2.41. The van der Waals surface area contributed by atoms with Gasteiger partial charge < -0.3 is 14.9 Å². The standard InChI is InChI=1S/C18H26N6O2/c1-22(17(25)5-2-11-24-12-4-7-21-24)14-18(26)6-3-10-23(15-18)16-13-19-8-9-20-16/h4,7-9,12-13,26H,2-3,5-6,10-11,14-15H2,1H3. The van der Waals surface area contributed by atoms with Crippen LogP contribution in [-0.4, -0.2) is 67.9 Å². The van der Waals surface area contributed by atoms with Gasteiger partial charge in [0.1, 0.15) is 5.82 Å². The summed E-state index contributed by atoms with van der Waals surface area (Å²) in [5.41, 5.74) is -0.928. The van der Waals surface area contributed by atoms with E-state index in [1.54, 1.807) is 36.7 Å². The Hall–Kier alpha value is -2.48. The highest BCUT2D eigenvalue weighted by Crippen LogP contribution is 2.25. The summed E-state index contributed by atoms with van der Waals surface area (Å²) in [6.45, 7) is 2.33. The third kappa shape index (κ3) is 4.78. The van der Waals surface area contributed by atoms with Crippen molar-refractivity contribution in [2.45, 2.75) is 37.8 Å². The van der Waals surface area contributed by atoms with Gasteiger partial charge in [0.15, 0.2) is 0 Å². The molecule has 26 heavy (non-hydrogen) atoms. The molecular weight excluding hydrogens is 332 g/mol. The van der Waals surface area contributed by atoms with Gasteiger partial charge in [0.2, 0.25) is 5.91 Å². The Labute approximate surface area is 153 Å². The number of carbonyl (C=O) groups is 1. The van der Waals surface area contributed by atoms with E-state index in [9.17, 15) is 9.90 Å². The Morgan fingerprint density at radius 1 is 1.38 bits per heavy atom. The Morgan fingerprint density at radius 2 is 2.27 bits per heavy atom. The topological polar surface area (TPSA) is 87.4 Å². The van der Waals surface area contributed by atoms with Crippen molar-refractivity contribution in [2.24, 2.45) is 0 Å². The van der Waals surface area contributed by atoms with E-state index >= 15 is 0 Å². The van der Waals surface area contributed by atoms with Gasteiger partial charge in [0.25, 0.3) is 0 Å². The quantitative estimate of drug-likeness (QED) is 0.793. The number of rotatable bonds is 7. The second-order valence-electron chi connectivity index (χ2n) is 6.94. The summed E-state index contributed by atoms with van der Waals surface area (Å²) in [5, 5.41) is 15.1. The lowest BCUT2D eigenvalue weighted by Crippen LogP contribution is -2.54. The van der Waals surface area contributed by atoms with Crippen molar-refractivity contribution in [3.8, 4) is 0 Å². The van der Waals surface area contributed by atoms with E-state index in [0.29, 0.717) is 25.9 Å². The van der Waals surface area contributed by atoms with Gasteiger partial charge in [-0.2, -0.15) is 5.10 Å². The fraction of sp³-hybridized carbons (Fsp3) is 0.556. The molecule has 3 heterocycles. The van der Waals surface area contributed by atoms with E-state index in [-0.39, 0.29) is 5.91 Å². The number of likely N-dealkylation sites (N-methyl/N-ethyl adjacent to an activating group) is 1. The smallest absolute Gasteiger partial charge is 0.222 e. The van der Waals surface area contributed by atoms with Crippen molar-refractivity contribution in [1.29, 1.82) is 0 Å². The first-order valence-electron chi connectivity index (χ1n) is 9.00. The molecule has 1 atom stereocenters. The van der Waals surface area contributed by atoms with Crippen molar-refractivity contribution in [3.05, 3.63) is 37.1 Å². The van der Waals surface area contributed by atoms with Gasteiger partial charge >= 0.3 is 0 Å². The van der Waals surface area contributed by atoms with Crippen LogP contribution in [0.25, 0.3) is 0 Å². The fourth-order valence-electron chi connectivity index (χ4n) is 3.44. The van der Waals surface area contributed by atoms with Crippen LogP contribution in [-0.2, 0) is 11.3 Å². The predicted molar refractivity (Wildman–Crippen MR) is 97.5 cm³/mol. The summed E-state index contributed by atoms with van der Waals surface area (Å²) in [6.07, 6.45) is 11.3. The first-order valence-corrected chi connectivity index (χ1v) is 9.00. The van der Waals surface area contributed by atoms with Crippen molar-refractivity contribution < 1.29 is 9.90 Å². The summed E-state index contributed by atoms with van der Waals surface area (Å²) < 4.78 is 1.82. The maximum absolute atomic E-state index is 12.4. The molecule has 0 bridgehead atoms. The zero-order chi connectivity index (χ0) is 18.4. The van der Waals surface area contributed by atoms with E-state index in [2.05, 4.69) is 15.1 Å². The van der Waals surface area contributed by atoms with Gasteiger partial charge in [-0.15, -0.1) is 0 Å². The number of piperidine rings is 1. The molecule has 3 rings (SSSR count). The summed E-state index contributed by atoms with van der Waals surface area (Å²) in [6, 6.07) is 1.87. The Balaban J connectivity index is 1.50. The third-order valence-electron chi connectivity index (χ3n) is 4.72. The van der Waals surface area contributed by atoms with E-state index in [4.69, 9.17) is 0 Å². The number of β-amino-alcohol motifs (C(OH)–C–C–N with tert-alkyl or cyclic N) is 1. The lowest BCUT2D eigenvalue weighted by molar-refractivity contribution is -0.133. The molecule has 8 heteroatoms. The maximum atomic E-state index is 12.4. The number of amides is 1. The number of aromatic nitrogens is 4. The molecule has 0 aliphatic carbocycles. The van der Waals surface area contributed by atoms with Gasteiger partial charge in [-0.1, -0.05) is 0 Å². The average Bonchev–Trinajstić information content (AvgIpc) is 3.15. The minimum atomic E-state index is -0.928. The molecule has 0 spiro atoms. The van der Waals surface area contributed by atoms with E-state index in [1.165, 1.54) is 0 Å². The normalized spacial score (nSPS) is 20.2. The molecule has 1 aliphatic heterocycles. The number of carbonyl (C=O) groups excluding carboxylic acids is 1. The van der Waals surface area contributed by atoms with E-state index in [1.807, 2.05) is 21.8 Å². The zero-order valence-corrected chi connectivity index (χ0v) is 15.2. The number of aryl methyl sites for hydroxylation is 1. The van der Waals surface area contributed by atoms with Crippen molar-refractivity contribution in [2.75, 3.05) is 31.6 Å². The summed E-state index contributed by atoms with van der Waals surface area (Å²) in [7, 11) is 1.76. The van der Waals surface area contributed by atoms with Crippen LogP contribution in [0.3, 0.4) is 0 Å². The summed E-state index contributed by atoms with van der Waals surface area (Å²) in [5.74, 6) is 0.807. The monoisotopic (exact) mass is 358 g/mol. The number of nitrogens with zero attached hydrogens (tertiary/aromatic N) is 6. The summed E-state index contributed by atoms with van der Waals surface area (Å²) >= 11 is 0. The van der Waals surface area contributed by atoms with E-state index < -0.39 is 5.60 Å². The predicted octanol–water partition coefficient (Wildman–Crippen LogP) is 0.943. The van der Waals surface area contributed by atoms with Gasteiger partial charge in [0, 0.05) is 57.9 Å². The second kappa shape index (κ2) is 8.27.